The molecule has 0 aliphatic carbocycles. The standard InChI is InChI=1S/C20H19NO3/c1-3-11-23-18-9-7-16(8-10-18)13-17(14-21)20(22)24-19-6-4-5-15(2)12-19/h4-10,12-13H,3,11H2,1-2H3/b17-13+. The highest BCUT2D eigenvalue weighted by molar-refractivity contribution is 5.99. The Morgan fingerprint density at radius 1 is 1.17 bits per heavy atom. The molecule has 0 saturated carbocycles. The van der Waals surface area contributed by atoms with Crippen molar-refractivity contribution in [3.63, 3.8) is 0 Å². The lowest BCUT2D eigenvalue weighted by Gasteiger charge is -2.05. The van der Waals surface area contributed by atoms with Crippen molar-refractivity contribution in [3.8, 4) is 17.6 Å². The van der Waals surface area contributed by atoms with Gasteiger partial charge in [-0.1, -0.05) is 31.2 Å². The van der Waals surface area contributed by atoms with Crippen LogP contribution in [0, 0.1) is 18.3 Å². The van der Waals surface area contributed by atoms with Crippen molar-refractivity contribution >= 4 is 12.0 Å². The predicted octanol–water partition coefficient (Wildman–Crippen LogP) is 4.30. The summed E-state index contributed by atoms with van der Waals surface area (Å²) in [7, 11) is 0. The molecule has 0 spiro atoms. The first kappa shape index (κ1) is 17.3. The third-order valence-electron chi connectivity index (χ3n) is 3.20. The van der Waals surface area contributed by atoms with Gasteiger partial charge in [0, 0.05) is 0 Å². The fourth-order valence-corrected chi connectivity index (χ4v) is 2.02. The molecule has 4 heteroatoms. The Kier molecular flexibility index (Phi) is 6.16. The van der Waals surface area contributed by atoms with Crippen LogP contribution in [0.5, 0.6) is 11.5 Å². The van der Waals surface area contributed by atoms with Crippen molar-refractivity contribution in [2.75, 3.05) is 6.61 Å². The fourth-order valence-electron chi connectivity index (χ4n) is 2.02. The molecular weight excluding hydrogens is 302 g/mol. The molecule has 0 aliphatic heterocycles. The van der Waals surface area contributed by atoms with E-state index in [1.165, 1.54) is 6.08 Å². The summed E-state index contributed by atoms with van der Waals surface area (Å²) in [4.78, 5) is 12.1. The van der Waals surface area contributed by atoms with Crippen LogP contribution in [0.3, 0.4) is 0 Å². The van der Waals surface area contributed by atoms with Gasteiger partial charge in [0.1, 0.15) is 23.1 Å². The maximum atomic E-state index is 12.1. The van der Waals surface area contributed by atoms with Gasteiger partial charge in [0.05, 0.1) is 6.61 Å². The van der Waals surface area contributed by atoms with Gasteiger partial charge in [-0.15, -0.1) is 0 Å². The molecule has 4 nitrogen and oxygen atoms in total. The van der Waals surface area contributed by atoms with Crippen LogP contribution < -0.4 is 9.47 Å². The maximum Gasteiger partial charge on any atom is 0.354 e. The molecule has 2 aromatic rings. The van der Waals surface area contributed by atoms with E-state index in [0.29, 0.717) is 12.4 Å². The molecule has 0 aromatic heterocycles. The van der Waals surface area contributed by atoms with Crippen molar-refractivity contribution in [2.45, 2.75) is 20.3 Å². The highest BCUT2D eigenvalue weighted by Crippen LogP contribution is 2.17. The number of nitrogens with zero attached hydrogens (tertiary/aromatic N) is 1. The van der Waals surface area contributed by atoms with Crippen molar-refractivity contribution in [2.24, 2.45) is 0 Å². The van der Waals surface area contributed by atoms with Gasteiger partial charge < -0.3 is 9.47 Å². The van der Waals surface area contributed by atoms with Gasteiger partial charge in [0.25, 0.3) is 0 Å². The van der Waals surface area contributed by atoms with E-state index in [4.69, 9.17) is 9.47 Å². The quantitative estimate of drug-likeness (QED) is 0.344. The minimum absolute atomic E-state index is 0.0567. The highest BCUT2D eigenvalue weighted by Gasteiger charge is 2.12. The van der Waals surface area contributed by atoms with Gasteiger partial charge in [-0.2, -0.15) is 5.26 Å². The highest BCUT2D eigenvalue weighted by atomic mass is 16.5. The topological polar surface area (TPSA) is 59.3 Å². The number of rotatable bonds is 6. The summed E-state index contributed by atoms with van der Waals surface area (Å²) in [5.74, 6) is 0.508. The van der Waals surface area contributed by atoms with E-state index in [9.17, 15) is 10.1 Å². The SMILES string of the molecule is CCCOc1ccc(/C=C(\C#N)C(=O)Oc2cccc(C)c2)cc1. The molecule has 0 bridgehead atoms. The number of ether oxygens (including phenoxy) is 2. The first-order chi connectivity index (χ1) is 11.6. The van der Waals surface area contributed by atoms with Crippen LogP contribution >= 0.6 is 0 Å². The van der Waals surface area contributed by atoms with Gasteiger partial charge in [-0.3, -0.25) is 0 Å². The monoisotopic (exact) mass is 321 g/mol. The summed E-state index contributed by atoms with van der Waals surface area (Å²) in [6.45, 7) is 4.60. The van der Waals surface area contributed by atoms with E-state index in [-0.39, 0.29) is 5.57 Å². The largest absolute Gasteiger partial charge is 0.494 e. The van der Waals surface area contributed by atoms with E-state index in [1.54, 1.807) is 30.3 Å². The summed E-state index contributed by atoms with van der Waals surface area (Å²) in [6.07, 6.45) is 2.44. The number of aryl methyl sites for hydroxylation is 1. The molecule has 122 valence electrons. The maximum absolute atomic E-state index is 12.1. The summed E-state index contributed by atoms with van der Waals surface area (Å²) in [5, 5.41) is 9.22. The summed E-state index contributed by atoms with van der Waals surface area (Å²) < 4.78 is 10.7. The lowest BCUT2D eigenvalue weighted by atomic mass is 10.1. The van der Waals surface area contributed by atoms with E-state index >= 15 is 0 Å². The lowest BCUT2D eigenvalue weighted by Crippen LogP contribution is -2.10. The van der Waals surface area contributed by atoms with Crippen LogP contribution in [0.25, 0.3) is 6.08 Å². The normalized spacial score (nSPS) is 10.8. The number of esters is 1. The van der Waals surface area contributed by atoms with Crippen LogP contribution in [0.4, 0.5) is 0 Å². The summed E-state index contributed by atoms with van der Waals surface area (Å²) in [6, 6.07) is 16.2. The second-order valence-corrected chi connectivity index (χ2v) is 5.29. The first-order valence-electron chi connectivity index (χ1n) is 7.76. The van der Waals surface area contributed by atoms with Crippen LogP contribution in [0.1, 0.15) is 24.5 Å². The van der Waals surface area contributed by atoms with Crippen molar-refractivity contribution in [3.05, 3.63) is 65.2 Å². The fraction of sp³-hybridized carbons (Fsp3) is 0.200. The molecule has 0 N–H and O–H groups in total. The molecule has 0 heterocycles. The molecule has 0 amide bonds. The number of hydrogen-bond acceptors (Lipinski definition) is 4. The Balaban J connectivity index is 2.10. The molecule has 0 unspecified atom stereocenters. The first-order valence-corrected chi connectivity index (χ1v) is 7.76. The summed E-state index contributed by atoms with van der Waals surface area (Å²) >= 11 is 0. The van der Waals surface area contributed by atoms with Crippen molar-refractivity contribution in [1.29, 1.82) is 5.26 Å². The minimum atomic E-state index is -0.672. The second kappa shape index (κ2) is 8.54. The van der Waals surface area contributed by atoms with Crippen LogP contribution in [0.15, 0.2) is 54.1 Å². The van der Waals surface area contributed by atoms with Crippen molar-refractivity contribution < 1.29 is 14.3 Å². The molecule has 0 fully saturated rings. The van der Waals surface area contributed by atoms with Gasteiger partial charge >= 0.3 is 5.97 Å². The smallest absolute Gasteiger partial charge is 0.354 e. The average molecular weight is 321 g/mol. The van der Waals surface area contributed by atoms with Gasteiger partial charge in [0.15, 0.2) is 0 Å². The van der Waals surface area contributed by atoms with Crippen LogP contribution in [0.2, 0.25) is 0 Å². The Labute approximate surface area is 141 Å². The molecule has 24 heavy (non-hydrogen) atoms. The Morgan fingerprint density at radius 3 is 2.54 bits per heavy atom. The molecule has 0 radical (unpaired) electrons. The second-order valence-electron chi connectivity index (χ2n) is 5.29. The number of benzene rings is 2. The zero-order chi connectivity index (χ0) is 17.4. The Bertz CT molecular complexity index is 770. The third kappa shape index (κ3) is 4.99. The van der Waals surface area contributed by atoms with E-state index in [2.05, 4.69) is 0 Å². The van der Waals surface area contributed by atoms with Crippen molar-refractivity contribution in [1.82, 2.24) is 0 Å². The van der Waals surface area contributed by atoms with E-state index < -0.39 is 5.97 Å². The van der Waals surface area contributed by atoms with E-state index in [1.807, 2.05) is 38.1 Å². The molecule has 0 atom stereocenters. The third-order valence-corrected chi connectivity index (χ3v) is 3.20. The number of carbonyl (C=O) groups is 1. The number of carbonyl (C=O) groups excluding carboxylic acids is 1. The number of nitriles is 1. The molecule has 0 aliphatic rings. The summed E-state index contributed by atoms with van der Waals surface area (Å²) in [5.41, 5.74) is 1.65. The average Bonchev–Trinajstić information content (AvgIpc) is 2.58. The number of hydrogen-bond donors (Lipinski definition) is 0. The Morgan fingerprint density at radius 2 is 1.92 bits per heavy atom. The lowest BCUT2D eigenvalue weighted by molar-refractivity contribution is -0.129. The zero-order valence-corrected chi connectivity index (χ0v) is 13.8. The molecule has 0 saturated heterocycles. The van der Waals surface area contributed by atoms with Gasteiger partial charge in [-0.05, 0) is 54.8 Å². The van der Waals surface area contributed by atoms with E-state index in [0.717, 1.165) is 23.3 Å². The van der Waals surface area contributed by atoms with Gasteiger partial charge in [0.2, 0.25) is 0 Å². The zero-order valence-electron chi connectivity index (χ0n) is 13.8. The molecule has 2 aromatic carbocycles. The van der Waals surface area contributed by atoms with Crippen LogP contribution in [-0.2, 0) is 4.79 Å². The van der Waals surface area contributed by atoms with Crippen LogP contribution in [-0.4, -0.2) is 12.6 Å². The molecular formula is C20H19NO3. The Hall–Kier alpha value is -3.06. The minimum Gasteiger partial charge on any atom is -0.494 e. The van der Waals surface area contributed by atoms with Gasteiger partial charge in [-0.25, -0.2) is 4.79 Å². The predicted molar refractivity (Wildman–Crippen MR) is 92.6 cm³/mol. The molecule has 2 rings (SSSR count).